The number of Topliss-reactive ketones (excluding diaryl/α,β-unsaturated/α-hetero) is 1. The van der Waals surface area contributed by atoms with E-state index < -0.39 is 17.0 Å². The third-order valence-corrected chi connectivity index (χ3v) is 2.10. The molecule has 0 aromatic carbocycles. The van der Waals surface area contributed by atoms with Crippen molar-refractivity contribution in [3.8, 4) is 0 Å². The molecule has 0 radical (unpaired) electrons. The van der Waals surface area contributed by atoms with Gasteiger partial charge in [-0.15, -0.1) is 0 Å². The fraction of sp³-hybridized carbons (Fsp3) is 0.800. The third kappa shape index (κ3) is 2.32. The molecular weight excluding hydrogens is 184 g/mol. The average molecular weight is 202 g/mol. The summed E-state index contributed by atoms with van der Waals surface area (Å²) in [5, 5.41) is 0. The lowest BCUT2D eigenvalue weighted by Gasteiger charge is -2.30. The highest BCUT2D eigenvalue weighted by Gasteiger charge is 2.47. The van der Waals surface area contributed by atoms with E-state index in [4.69, 9.17) is 4.74 Å². The van der Waals surface area contributed by atoms with E-state index in [1.54, 1.807) is 20.8 Å². The van der Waals surface area contributed by atoms with E-state index in [9.17, 15) is 9.59 Å². The zero-order valence-electron chi connectivity index (χ0n) is 9.63. The number of methoxy groups -OCH3 is 2. The topological polar surface area (TPSA) is 52.6 Å². The van der Waals surface area contributed by atoms with Gasteiger partial charge in [0.05, 0.1) is 7.11 Å². The molecule has 1 unspecified atom stereocenters. The summed E-state index contributed by atoms with van der Waals surface area (Å²) in [5.74, 6) is -0.959. The molecule has 82 valence electrons. The first-order chi connectivity index (χ1) is 6.20. The number of carbonyl (C=O) groups excluding carboxylic acids is 2. The molecule has 1 atom stereocenters. The number of rotatable bonds is 3. The predicted octanol–water partition coefficient (Wildman–Crippen LogP) is 1.18. The van der Waals surface area contributed by atoms with Gasteiger partial charge in [0.2, 0.25) is 5.60 Å². The van der Waals surface area contributed by atoms with E-state index in [0.29, 0.717) is 0 Å². The molecule has 4 heteroatoms. The fourth-order valence-corrected chi connectivity index (χ4v) is 1.18. The minimum absolute atomic E-state index is 0.292. The number of ether oxygens (including phenoxy) is 2. The van der Waals surface area contributed by atoms with Crippen molar-refractivity contribution in [2.45, 2.75) is 33.3 Å². The van der Waals surface area contributed by atoms with Crippen LogP contribution < -0.4 is 0 Å². The molecule has 0 aliphatic carbocycles. The number of ketones is 1. The Bertz CT molecular complexity index is 239. The SMILES string of the molecule is COC(=O)C(C)(OC)C(=O)C(C)(C)C. The van der Waals surface area contributed by atoms with Crippen LogP contribution in [0.25, 0.3) is 0 Å². The van der Waals surface area contributed by atoms with Gasteiger partial charge in [-0.3, -0.25) is 4.79 Å². The van der Waals surface area contributed by atoms with Gasteiger partial charge in [0, 0.05) is 12.5 Å². The summed E-state index contributed by atoms with van der Waals surface area (Å²) in [6.45, 7) is 6.62. The molecule has 0 spiro atoms. The summed E-state index contributed by atoms with van der Waals surface area (Å²) in [4.78, 5) is 23.3. The molecule has 0 fully saturated rings. The second-order valence-corrected chi connectivity index (χ2v) is 4.31. The molecule has 0 saturated heterocycles. The maximum Gasteiger partial charge on any atom is 0.345 e. The van der Waals surface area contributed by atoms with Crippen LogP contribution >= 0.6 is 0 Å². The molecule has 0 aliphatic rings. The first-order valence-electron chi connectivity index (χ1n) is 4.38. The quantitative estimate of drug-likeness (QED) is 0.509. The summed E-state index contributed by atoms with van der Waals surface area (Å²) in [7, 11) is 2.55. The minimum Gasteiger partial charge on any atom is -0.467 e. The van der Waals surface area contributed by atoms with Gasteiger partial charge < -0.3 is 9.47 Å². The molecule has 0 bridgehead atoms. The molecule has 14 heavy (non-hydrogen) atoms. The molecule has 0 N–H and O–H groups in total. The molecule has 0 aromatic rings. The van der Waals surface area contributed by atoms with Crippen LogP contribution in [-0.4, -0.2) is 31.6 Å². The molecule has 0 rings (SSSR count). The standard InChI is InChI=1S/C10H18O4/c1-9(2,3)7(11)10(4,14-6)8(12)13-5/h1-6H3. The van der Waals surface area contributed by atoms with Crippen LogP contribution in [0.3, 0.4) is 0 Å². The van der Waals surface area contributed by atoms with E-state index in [-0.39, 0.29) is 5.78 Å². The Kier molecular flexibility index (Phi) is 3.82. The normalized spacial score (nSPS) is 15.9. The van der Waals surface area contributed by atoms with Crippen LogP contribution in [0.15, 0.2) is 0 Å². The van der Waals surface area contributed by atoms with Crippen LogP contribution in [-0.2, 0) is 19.1 Å². The van der Waals surface area contributed by atoms with Gasteiger partial charge in [0.15, 0.2) is 5.78 Å². The summed E-state index contributed by atoms with van der Waals surface area (Å²) >= 11 is 0. The summed E-state index contributed by atoms with van der Waals surface area (Å²) in [5.41, 5.74) is -2.15. The Morgan fingerprint density at radius 3 is 1.64 bits per heavy atom. The highest BCUT2D eigenvalue weighted by atomic mass is 16.6. The van der Waals surface area contributed by atoms with Crippen molar-refractivity contribution < 1.29 is 19.1 Å². The zero-order chi connectivity index (χ0) is 11.6. The number of carbonyl (C=O) groups is 2. The van der Waals surface area contributed by atoms with Crippen molar-refractivity contribution in [1.29, 1.82) is 0 Å². The van der Waals surface area contributed by atoms with Gasteiger partial charge in [-0.2, -0.15) is 0 Å². The maximum absolute atomic E-state index is 11.9. The Morgan fingerprint density at radius 1 is 1.00 bits per heavy atom. The Morgan fingerprint density at radius 2 is 1.43 bits per heavy atom. The molecule has 0 amide bonds. The van der Waals surface area contributed by atoms with Gasteiger partial charge in [0.1, 0.15) is 0 Å². The van der Waals surface area contributed by atoms with Crippen molar-refractivity contribution in [1.82, 2.24) is 0 Å². The van der Waals surface area contributed by atoms with E-state index in [2.05, 4.69) is 4.74 Å². The largest absolute Gasteiger partial charge is 0.467 e. The van der Waals surface area contributed by atoms with Crippen LogP contribution in [0.4, 0.5) is 0 Å². The first-order valence-corrected chi connectivity index (χ1v) is 4.38. The Hall–Kier alpha value is -0.900. The second-order valence-electron chi connectivity index (χ2n) is 4.31. The van der Waals surface area contributed by atoms with Crippen molar-refractivity contribution in [3.05, 3.63) is 0 Å². The van der Waals surface area contributed by atoms with Crippen LogP contribution in [0.2, 0.25) is 0 Å². The zero-order valence-corrected chi connectivity index (χ0v) is 9.63. The van der Waals surface area contributed by atoms with Gasteiger partial charge in [-0.05, 0) is 6.92 Å². The molecule has 0 heterocycles. The Balaban J connectivity index is 5.07. The van der Waals surface area contributed by atoms with Crippen molar-refractivity contribution in [2.24, 2.45) is 5.41 Å². The lowest BCUT2D eigenvalue weighted by molar-refractivity contribution is -0.173. The first kappa shape index (κ1) is 13.1. The number of hydrogen-bond donors (Lipinski definition) is 0. The molecule has 0 aliphatic heterocycles. The Labute approximate surface area is 84.6 Å². The predicted molar refractivity (Wildman–Crippen MR) is 51.9 cm³/mol. The van der Waals surface area contributed by atoms with Gasteiger partial charge in [-0.25, -0.2) is 4.79 Å². The highest BCUT2D eigenvalue weighted by molar-refractivity contribution is 6.08. The molecule has 0 saturated carbocycles. The highest BCUT2D eigenvalue weighted by Crippen LogP contribution is 2.26. The van der Waals surface area contributed by atoms with E-state index in [1.165, 1.54) is 21.1 Å². The third-order valence-electron chi connectivity index (χ3n) is 2.10. The van der Waals surface area contributed by atoms with Crippen LogP contribution in [0, 0.1) is 5.41 Å². The molecular formula is C10H18O4. The lowest BCUT2D eigenvalue weighted by Crippen LogP contribution is -2.51. The summed E-state index contributed by atoms with van der Waals surface area (Å²) in [6.07, 6.45) is 0. The number of hydrogen-bond acceptors (Lipinski definition) is 4. The number of esters is 1. The minimum atomic E-state index is -1.51. The van der Waals surface area contributed by atoms with E-state index >= 15 is 0 Å². The maximum atomic E-state index is 11.9. The van der Waals surface area contributed by atoms with Crippen molar-refractivity contribution >= 4 is 11.8 Å². The lowest BCUT2D eigenvalue weighted by atomic mass is 9.81. The second kappa shape index (κ2) is 4.09. The van der Waals surface area contributed by atoms with Gasteiger partial charge in [-0.1, -0.05) is 20.8 Å². The summed E-state index contributed by atoms with van der Waals surface area (Å²) < 4.78 is 9.49. The van der Waals surface area contributed by atoms with Crippen LogP contribution in [0.5, 0.6) is 0 Å². The fourth-order valence-electron chi connectivity index (χ4n) is 1.18. The molecule has 0 aromatic heterocycles. The van der Waals surface area contributed by atoms with Gasteiger partial charge in [0.25, 0.3) is 0 Å². The van der Waals surface area contributed by atoms with Crippen molar-refractivity contribution in [2.75, 3.05) is 14.2 Å². The van der Waals surface area contributed by atoms with E-state index in [1.807, 2.05) is 0 Å². The average Bonchev–Trinajstić information content (AvgIpc) is 2.12. The van der Waals surface area contributed by atoms with E-state index in [0.717, 1.165) is 0 Å². The smallest absolute Gasteiger partial charge is 0.345 e. The molecule has 4 nitrogen and oxygen atoms in total. The van der Waals surface area contributed by atoms with Crippen molar-refractivity contribution in [3.63, 3.8) is 0 Å². The summed E-state index contributed by atoms with van der Waals surface area (Å²) in [6, 6.07) is 0. The monoisotopic (exact) mass is 202 g/mol. The van der Waals surface area contributed by atoms with Crippen LogP contribution in [0.1, 0.15) is 27.7 Å². The van der Waals surface area contributed by atoms with Gasteiger partial charge >= 0.3 is 5.97 Å².